The third-order valence-corrected chi connectivity index (χ3v) is 3.54. The fourth-order valence-corrected chi connectivity index (χ4v) is 2.57. The smallest absolute Gasteiger partial charge is 0.321 e. The minimum absolute atomic E-state index is 0.121. The van der Waals surface area contributed by atoms with E-state index in [0.29, 0.717) is 12.8 Å². The number of rotatable bonds is 9. The van der Waals surface area contributed by atoms with Crippen molar-refractivity contribution in [2.24, 2.45) is 5.73 Å². The van der Waals surface area contributed by atoms with Crippen LogP contribution in [-0.2, 0) is 19.6 Å². The molecule has 0 saturated carbocycles. The average molecular weight is 266 g/mol. The lowest BCUT2D eigenvalue weighted by molar-refractivity contribution is -0.139. The molecule has 0 fully saturated rings. The zero-order valence-electron chi connectivity index (χ0n) is 9.68. The van der Waals surface area contributed by atoms with Gasteiger partial charge in [-0.1, -0.05) is 13.3 Å². The van der Waals surface area contributed by atoms with Crippen LogP contribution in [0.15, 0.2) is 0 Å². The fraction of sp³-hybridized carbons (Fsp3) is 0.778. The summed E-state index contributed by atoms with van der Waals surface area (Å²) in [5, 5.41) is 8.80. The third-order valence-electron chi connectivity index (χ3n) is 2.07. The van der Waals surface area contributed by atoms with Crippen LogP contribution in [0.3, 0.4) is 0 Å². The first-order valence-corrected chi connectivity index (χ1v) is 6.95. The number of sulfonamides is 1. The number of primary amides is 1. The van der Waals surface area contributed by atoms with Crippen LogP contribution in [0.4, 0.5) is 0 Å². The Morgan fingerprint density at radius 1 is 1.41 bits per heavy atom. The second kappa shape index (κ2) is 7.23. The summed E-state index contributed by atoms with van der Waals surface area (Å²) < 4.78 is 25.0. The maximum absolute atomic E-state index is 11.5. The summed E-state index contributed by atoms with van der Waals surface area (Å²) >= 11 is 0. The van der Waals surface area contributed by atoms with Gasteiger partial charge in [0.25, 0.3) is 0 Å². The van der Waals surface area contributed by atoms with Crippen molar-refractivity contribution < 1.29 is 23.1 Å². The van der Waals surface area contributed by atoms with Crippen LogP contribution in [0.25, 0.3) is 0 Å². The fourth-order valence-electron chi connectivity index (χ4n) is 1.13. The van der Waals surface area contributed by atoms with Crippen LogP contribution in [-0.4, -0.2) is 37.2 Å². The van der Waals surface area contributed by atoms with Crippen LogP contribution >= 0.6 is 0 Å². The summed E-state index contributed by atoms with van der Waals surface area (Å²) in [5.74, 6) is -2.10. The standard InChI is InChI=1S/C9H18N2O5S/c1-2-3-6-17(15,16)11-7(9(13)14)4-5-8(10)12/h7,11H,2-6H2,1H3,(H2,10,12)(H,13,14)/t7-/m0/s1. The van der Waals surface area contributed by atoms with Crippen molar-refractivity contribution in [3.8, 4) is 0 Å². The summed E-state index contributed by atoms with van der Waals surface area (Å²) in [6.45, 7) is 1.83. The van der Waals surface area contributed by atoms with E-state index in [4.69, 9.17) is 10.8 Å². The molecule has 8 heteroatoms. The number of carboxylic acids is 1. The van der Waals surface area contributed by atoms with Crippen LogP contribution < -0.4 is 10.5 Å². The number of nitrogens with one attached hydrogen (secondary N) is 1. The molecule has 0 rings (SSSR count). The van der Waals surface area contributed by atoms with Gasteiger partial charge < -0.3 is 10.8 Å². The molecule has 4 N–H and O–H groups in total. The number of carboxylic acid groups (broad SMARTS) is 1. The molecule has 1 amide bonds. The van der Waals surface area contributed by atoms with Gasteiger partial charge in [-0.2, -0.15) is 0 Å². The highest BCUT2D eigenvalue weighted by Gasteiger charge is 2.23. The van der Waals surface area contributed by atoms with Gasteiger partial charge in [-0.05, 0) is 12.8 Å². The minimum Gasteiger partial charge on any atom is -0.480 e. The maximum atomic E-state index is 11.5. The molecule has 0 aromatic carbocycles. The van der Waals surface area contributed by atoms with Crippen molar-refractivity contribution in [1.29, 1.82) is 0 Å². The number of carbonyl (C=O) groups is 2. The minimum atomic E-state index is -3.62. The Morgan fingerprint density at radius 3 is 2.41 bits per heavy atom. The molecule has 0 aromatic heterocycles. The molecule has 0 bridgehead atoms. The number of hydrogen-bond donors (Lipinski definition) is 3. The number of hydrogen-bond acceptors (Lipinski definition) is 4. The number of unbranched alkanes of at least 4 members (excludes halogenated alkanes) is 1. The Bertz CT molecular complexity index is 366. The Kier molecular flexibility index (Phi) is 6.74. The first-order chi connectivity index (χ1) is 7.78. The molecule has 17 heavy (non-hydrogen) atoms. The van der Waals surface area contributed by atoms with E-state index in [9.17, 15) is 18.0 Å². The van der Waals surface area contributed by atoms with Crippen molar-refractivity contribution in [2.45, 2.75) is 38.6 Å². The summed E-state index contributed by atoms with van der Waals surface area (Å²) in [5.41, 5.74) is 4.88. The zero-order valence-corrected chi connectivity index (χ0v) is 10.5. The van der Waals surface area contributed by atoms with Crippen molar-refractivity contribution in [1.82, 2.24) is 4.72 Å². The molecule has 0 aromatic rings. The highest BCUT2D eigenvalue weighted by Crippen LogP contribution is 2.02. The van der Waals surface area contributed by atoms with Crippen molar-refractivity contribution >= 4 is 21.9 Å². The molecule has 1 atom stereocenters. The van der Waals surface area contributed by atoms with Gasteiger partial charge in [-0.3, -0.25) is 9.59 Å². The highest BCUT2D eigenvalue weighted by atomic mass is 32.2. The quantitative estimate of drug-likeness (QED) is 0.515. The summed E-state index contributed by atoms with van der Waals surface area (Å²) in [4.78, 5) is 21.3. The molecule has 0 aliphatic heterocycles. The average Bonchev–Trinajstić information content (AvgIpc) is 2.20. The first kappa shape index (κ1) is 15.9. The normalized spacial score (nSPS) is 13.2. The van der Waals surface area contributed by atoms with Gasteiger partial charge in [0, 0.05) is 6.42 Å². The van der Waals surface area contributed by atoms with Crippen molar-refractivity contribution in [3.63, 3.8) is 0 Å². The Balaban J connectivity index is 4.43. The van der Waals surface area contributed by atoms with Crippen LogP contribution in [0.5, 0.6) is 0 Å². The summed E-state index contributed by atoms with van der Waals surface area (Å²) in [6.07, 6.45) is 0.834. The van der Waals surface area contributed by atoms with Gasteiger partial charge in [-0.25, -0.2) is 13.1 Å². The van der Waals surface area contributed by atoms with E-state index in [1.165, 1.54) is 0 Å². The van der Waals surface area contributed by atoms with E-state index in [0.717, 1.165) is 0 Å². The van der Waals surface area contributed by atoms with E-state index in [1.54, 1.807) is 0 Å². The zero-order chi connectivity index (χ0) is 13.5. The topological polar surface area (TPSA) is 127 Å². The van der Waals surface area contributed by atoms with E-state index in [2.05, 4.69) is 0 Å². The van der Waals surface area contributed by atoms with Gasteiger partial charge in [0.1, 0.15) is 6.04 Å². The van der Waals surface area contributed by atoms with Gasteiger partial charge in [-0.15, -0.1) is 0 Å². The Labute approximate surface area is 100 Å². The predicted octanol–water partition coefficient (Wildman–Crippen LogP) is -0.575. The van der Waals surface area contributed by atoms with E-state index in [-0.39, 0.29) is 18.6 Å². The lowest BCUT2D eigenvalue weighted by Crippen LogP contribution is -2.42. The molecule has 100 valence electrons. The maximum Gasteiger partial charge on any atom is 0.321 e. The van der Waals surface area contributed by atoms with Gasteiger partial charge >= 0.3 is 5.97 Å². The molecule has 0 radical (unpaired) electrons. The van der Waals surface area contributed by atoms with Crippen LogP contribution in [0.2, 0.25) is 0 Å². The van der Waals surface area contributed by atoms with Crippen LogP contribution in [0.1, 0.15) is 32.6 Å². The monoisotopic (exact) mass is 266 g/mol. The highest BCUT2D eigenvalue weighted by molar-refractivity contribution is 7.89. The first-order valence-electron chi connectivity index (χ1n) is 5.29. The third kappa shape index (κ3) is 7.70. The largest absolute Gasteiger partial charge is 0.480 e. The summed E-state index contributed by atoms with van der Waals surface area (Å²) in [7, 11) is -3.62. The SMILES string of the molecule is CCCCS(=O)(=O)N[C@@H](CCC(N)=O)C(=O)O. The van der Waals surface area contributed by atoms with E-state index < -0.39 is 27.9 Å². The second-order valence-corrected chi connectivity index (χ2v) is 5.56. The van der Waals surface area contributed by atoms with Crippen LogP contribution in [0, 0.1) is 0 Å². The number of carbonyl (C=O) groups excluding carboxylic acids is 1. The summed E-state index contributed by atoms with van der Waals surface area (Å²) in [6, 6.07) is -1.30. The Hall–Kier alpha value is -1.15. The van der Waals surface area contributed by atoms with E-state index in [1.807, 2.05) is 11.6 Å². The molecule has 0 heterocycles. The van der Waals surface area contributed by atoms with Gasteiger partial charge in [0.15, 0.2) is 0 Å². The lowest BCUT2D eigenvalue weighted by Gasteiger charge is -2.13. The predicted molar refractivity (Wildman–Crippen MR) is 61.7 cm³/mol. The van der Waals surface area contributed by atoms with Crippen molar-refractivity contribution in [3.05, 3.63) is 0 Å². The number of nitrogens with two attached hydrogens (primary N) is 1. The van der Waals surface area contributed by atoms with Gasteiger partial charge in [0.2, 0.25) is 15.9 Å². The van der Waals surface area contributed by atoms with E-state index >= 15 is 0 Å². The molecule has 0 aliphatic carbocycles. The number of aliphatic carboxylic acids is 1. The van der Waals surface area contributed by atoms with Crippen molar-refractivity contribution in [2.75, 3.05) is 5.75 Å². The molecule has 0 aliphatic rings. The lowest BCUT2D eigenvalue weighted by atomic mass is 10.2. The molecule has 0 spiro atoms. The molecule has 0 unspecified atom stereocenters. The molecule has 7 nitrogen and oxygen atoms in total. The molecule has 0 saturated heterocycles. The number of amides is 1. The molecular weight excluding hydrogens is 248 g/mol. The van der Waals surface area contributed by atoms with Gasteiger partial charge in [0.05, 0.1) is 5.75 Å². The molecular formula is C9H18N2O5S. The second-order valence-electron chi connectivity index (χ2n) is 3.69. The Morgan fingerprint density at radius 2 is 2.00 bits per heavy atom.